The van der Waals surface area contributed by atoms with Gasteiger partial charge in [-0.3, -0.25) is 0 Å². The van der Waals surface area contributed by atoms with Crippen LogP contribution in [0.25, 0.3) is 10.9 Å². The minimum absolute atomic E-state index is 0.00439. The van der Waals surface area contributed by atoms with E-state index in [2.05, 4.69) is 9.97 Å². The van der Waals surface area contributed by atoms with Crippen LogP contribution in [0, 0.1) is 0 Å². The van der Waals surface area contributed by atoms with Gasteiger partial charge < -0.3 is 20.6 Å². The monoisotopic (exact) mass is 235 g/mol. The van der Waals surface area contributed by atoms with E-state index in [1.165, 1.54) is 0 Å². The zero-order valence-electron chi connectivity index (χ0n) is 8.64. The van der Waals surface area contributed by atoms with Gasteiger partial charge in [0.15, 0.2) is 6.61 Å². The molecule has 7 nitrogen and oxygen atoms in total. The molecule has 1 aromatic carbocycles. The van der Waals surface area contributed by atoms with Gasteiger partial charge in [0.05, 0.1) is 10.9 Å². The Morgan fingerprint density at radius 1 is 1.53 bits per heavy atom. The highest BCUT2D eigenvalue weighted by atomic mass is 16.5. The molecule has 1 heterocycles. The fourth-order valence-corrected chi connectivity index (χ4v) is 1.47. The van der Waals surface area contributed by atoms with E-state index in [0.29, 0.717) is 10.9 Å². The maximum atomic E-state index is 11.1. The first-order chi connectivity index (χ1) is 8.08. The Morgan fingerprint density at radius 2 is 2.29 bits per heavy atom. The number of H-pyrrole nitrogens is 1. The molecule has 0 radical (unpaired) electrons. The molecular formula is C10H9N3O4. The number of nitrogens with two attached hydrogens (primary N) is 1. The van der Waals surface area contributed by atoms with Crippen LogP contribution >= 0.6 is 0 Å². The number of carboxylic acids is 1. The number of aromatic amines is 1. The highest BCUT2D eigenvalue weighted by Gasteiger charge is 2.09. The average molecular weight is 235 g/mol. The Kier molecular flexibility index (Phi) is 2.65. The lowest BCUT2D eigenvalue weighted by molar-refractivity contribution is -0.139. The molecule has 0 saturated heterocycles. The van der Waals surface area contributed by atoms with E-state index in [9.17, 15) is 9.59 Å². The first-order valence-corrected chi connectivity index (χ1v) is 4.71. The Labute approximate surface area is 94.9 Å². The summed E-state index contributed by atoms with van der Waals surface area (Å²) in [5.41, 5.74) is 5.49. The van der Waals surface area contributed by atoms with E-state index in [1.54, 1.807) is 18.2 Å². The first-order valence-electron chi connectivity index (χ1n) is 4.71. The van der Waals surface area contributed by atoms with Crippen molar-refractivity contribution in [1.82, 2.24) is 9.97 Å². The SMILES string of the molecule is Nc1nc(=O)[nH]c2cccc(OCC(=O)O)c12. The number of aliphatic carboxylic acids is 1. The molecule has 0 atom stereocenters. The molecular weight excluding hydrogens is 226 g/mol. The summed E-state index contributed by atoms with van der Waals surface area (Å²) in [4.78, 5) is 27.5. The van der Waals surface area contributed by atoms with Crippen LogP contribution in [0.3, 0.4) is 0 Å². The van der Waals surface area contributed by atoms with E-state index < -0.39 is 18.3 Å². The third kappa shape index (κ3) is 2.17. The second-order valence-corrected chi connectivity index (χ2v) is 3.29. The molecule has 0 spiro atoms. The summed E-state index contributed by atoms with van der Waals surface area (Å²) in [6.07, 6.45) is 0. The van der Waals surface area contributed by atoms with Crippen molar-refractivity contribution in [2.75, 3.05) is 12.3 Å². The van der Waals surface area contributed by atoms with E-state index >= 15 is 0 Å². The fourth-order valence-electron chi connectivity index (χ4n) is 1.47. The number of hydrogen-bond donors (Lipinski definition) is 3. The zero-order chi connectivity index (χ0) is 12.4. The standard InChI is InChI=1S/C10H9N3O4/c11-9-8-5(12-10(16)13-9)2-1-3-6(8)17-4-7(14)15/h1-3H,4H2,(H,14,15)(H3,11,12,13,16). The van der Waals surface area contributed by atoms with Gasteiger partial charge in [-0.2, -0.15) is 4.98 Å². The number of nitrogens with zero attached hydrogens (tertiary/aromatic N) is 1. The molecule has 0 aliphatic rings. The maximum absolute atomic E-state index is 11.1. The summed E-state index contributed by atoms with van der Waals surface area (Å²) in [7, 11) is 0. The topological polar surface area (TPSA) is 118 Å². The van der Waals surface area contributed by atoms with Crippen molar-refractivity contribution in [1.29, 1.82) is 0 Å². The molecule has 0 aliphatic carbocycles. The summed E-state index contributed by atoms with van der Waals surface area (Å²) in [6, 6.07) is 4.80. The predicted octanol–water partition coefficient (Wildman–Crippen LogP) is -0.0313. The second kappa shape index (κ2) is 4.12. The number of nitrogen functional groups attached to an aromatic ring is 1. The number of aromatic nitrogens is 2. The number of fused-ring (bicyclic) bond motifs is 1. The fraction of sp³-hybridized carbons (Fsp3) is 0.100. The molecule has 4 N–H and O–H groups in total. The van der Waals surface area contributed by atoms with Gasteiger partial charge in [0, 0.05) is 0 Å². The van der Waals surface area contributed by atoms with E-state index in [0.717, 1.165) is 0 Å². The zero-order valence-corrected chi connectivity index (χ0v) is 8.64. The van der Waals surface area contributed by atoms with Crippen molar-refractivity contribution in [2.45, 2.75) is 0 Å². The Bertz CT molecular complexity index is 635. The van der Waals surface area contributed by atoms with Gasteiger partial charge in [-0.15, -0.1) is 0 Å². The molecule has 0 aliphatic heterocycles. The van der Waals surface area contributed by atoms with Crippen LogP contribution in [-0.2, 0) is 4.79 Å². The molecule has 17 heavy (non-hydrogen) atoms. The quantitative estimate of drug-likeness (QED) is 0.687. The Morgan fingerprint density at radius 3 is 3.00 bits per heavy atom. The summed E-state index contributed by atoms with van der Waals surface area (Å²) in [5, 5.41) is 8.93. The minimum Gasteiger partial charge on any atom is -0.481 e. The van der Waals surface area contributed by atoms with Crippen molar-refractivity contribution in [2.24, 2.45) is 0 Å². The minimum atomic E-state index is -1.10. The van der Waals surface area contributed by atoms with Gasteiger partial charge in [0.1, 0.15) is 11.6 Å². The van der Waals surface area contributed by atoms with Crippen LogP contribution in [0.2, 0.25) is 0 Å². The van der Waals surface area contributed by atoms with Gasteiger partial charge >= 0.3 is 11.7 Å². The summed E-state index contributed by atoms with van der Waals surface area (Å²) in [5.74, 6) is -0.825. The predicted molar refractivity (Wildman–Crippen MR) is 59.9 cm³/mol. The van der Waals surface area contributed by atoms with E-state index in [1.807, 2.05) is 0 Å². The lowest BCUT2D eigenvalue weighted by atomic mass is 10.2. The van der Waals surface area contributed by atoms with Gasteiger partial charge in [0.25, 0.3) is 0 Å². The molecule has 88 valence electrons. The van der Waals surface area contributed by atoms with Crippen molar-refractivity contribution >= 4 is 22.7 Å². The van der Waals surface area contributed by atoms with Crippen LogP contribution in [0.1, 0.15) is 0 Å². The highest BCUT2D eigenvalue weighted by Crippen LogP contribution is 2.26. The number of hydrogen-bond acceptors (Lipinski definition) is 5. The number of benzene rings is 1. The van der Waals surface area contributed by atoms with Crippen molar-refractivity contribution in [3.05, 3.63) is 28.7 Å². The van der Waals surface area contributed by atoms with Gasteiger partial charge in [-0.1, -0.05) is 6.07 Å². The van der Waals surface area contributed by atoms with Gasteiger partial charge in [0.2, 0.25) is 0 Å². The summed E-state index contributed by atoms with van der Waals surface area (Å²) in [6.45, 7) is -0.488. The molecule has 0 amide bonds. The van der Waals surface area contributed by atoms with Gasteiger partial charge in [-0.05, 0) is 12.1 Å². The number of anilines is 1. The first kappa shape index (κ1) is 10.9. The maximum Gasteiger partial charge on any atom is 0.347 e. The van der Waals surface area contributed by atoms with Crippen LogP contribution in [-0.4, -0.2) is 27.7 Å². The average Bonchev–Trinajstić information content (AvgIpc) is 2.25. The molecule has 1 aromatic heterocycles. The van der Waals surface area contributed by atoms with Gasteiger partial charge in [-0.25, -0.2) is 9.59 Å². The Balaban J connectivity index is 2.56. The number of rotatable bonds is 3. The lowest BCUT2D eigenvalue weighted by Crippen LogP contribution is -2.14. The number of ether oxygens (including phenoxy) is 1. The Hall–Kier alpha value is -2.57. The smallest absolute Gasteiger partial charge is 0.347 e. The van der Waals surface area contributed by atoms with Crippen LogP contribution < -0.4 is 16.2 Å². The van der Waals surface area contributed by atoms with Crippen LogP contribution in [0.5, 0.6) is 5.75 Å². The second-order valence-electron chi connectivity index (χ2n) is 3.29. The third-order valence-corrected chi connectivity index (χ3v) is 2.10. The summed E-state index contributed by atoms with van der Waals surface area (Å²) >= 11 is 0. The van der Waals surface area contributed by atoms with E-state index in [-0.39, 0.29) is 11.6 Å². The van der Waals surface area contributed by atoms with Crippen molar-refractivity contribution < 1.29 is 14.6 Å². The number of carboxylic acid groups (broad SMARTS) is 1. The third-order valence-electron chi connectivity index (χ3n) is 2.10. The molecule has 0 bridgehead atoms. The van der Waals surface area contributed by atoms with Crippen molar-refractivity contribution in [3.63, 3.8) is 0 Å². The molecule has 2 rings (SSSR count). The lowest BCUT2D eigenvalue weighted by Gasteiger charge is -2.08. The normalized spacial score (nSPS) is 10.4. The largest absolute Gasteiger partial charge is 0.481 e. The highest BCUT2D eigenvalue weighted by molar-refractivity contribution is 5.93. The molecule has 0 saturated carbocycles. The van der Waals surface area contributed by atoms with E-state index in [4.69, 9.17) is 15.6 Å². The summed E-state index contributed by atoms with van der Waals surface area (Å²) < 4.78 is 5.06. The molecule has 7 heteroatoms. The van der Waals surface area contributed by atoms with Crippen molar-refractivity contribution in [3.8, 4) is 5.75 Å². The number of nitrogens with one attached hydrogen (secondary N) is 1. The van der Waals surface area contributed by atoms with Crippen LogP contribution in [0.15, 0.2) is 23.0 Å². The molecule has 0 unspecified atom stereocenters. The number of carbonyl (C=O) groups is 1. The molecule has 0 fully saturated rings. The molecule has 2 aromatic rings. The van der Waals surface area contributed by atoms with Crippen LogP contribution in [0.4, 0.5) is 5.82 Å².